The molecule has 0 aliphatic heterocycles. The van der Waals surface area contributed by atoms with Crippen LogP contribution in [0.5, 0.6) is 0 Å². The Morgan fingerprint density at radius 2 is 1.17 bits per heavy atom. The van der Waals surface area contributed by atoms with Gasteiger partial charge in [-0.2, -0.15) is 0 Å². The van der Waals surface area contributed by atoms with E-state index in [1.54, 1.807) is 0 Å². The van der Waals surface area contributed by atoms with E-state index >= 15 is 0 Å². The van der Waals surface area contributed by atoms with Crippen molar-refractivity contribution in [3.63, 3.8) is 0 Å². The van der Waals surface area contributed by atoms with Crippen molar-refractivity contribution < 1.29 is 0 Å². The van der Waals surface area contributed by atoms with Gasteiger partial charge in [0, 0.05) is 0 Å². The standard InChI is InChI=1S/C24H22/c1-5-19-11-7-9-13-21(19)23-16-15-17(3)18(4)24(23)22-14-10-8-12-20(22)6-2/h5-16H,1-2H2,3-4H3. The highest BCUT2D eigenvalue weighted by atomic mass is 14.2. The van der Waals surface area contributed by atoms with Gasteiger partial charge in [0.15, 0.2) is 0 Å². The molecule has 24 heavy (non-hydrogen) atoms. The third-order valence-electron chi connectivity index (χ3n) is 4.66. The van der Waals surface area contributed by atoms with Gasteiger partial charge in [-0.15, -0.1) is 0 Å². The lowest BCUT2D eigenvalue weighted by Crippen LogP contribution is -1.95. The fourth-order valence-electron chi connectivity index (χ4n) is 3.21. The lowest BCUT2D eigenvalue weighted by Gasteiger charge is -2.18. The Balaban J connectivity index is 2.39. The molecule has 0 heterocycles. The predicted octanol–water partition coefficient (Wildman–Crippen LogP) is 6.92. The predicted molar refractivity (Wildman–Crippen MR) is 107 cm³/mol. The van der Waals surface area contributed by atoms with E-state index in [1.165, 1.54) is 33.4 Å². The fourth-order valence-corrected chi connectivity index (χ4v) is 3.21. The van der Waals surface area contributed by atoms with Crippen LogP contribution in [0.4, 0.5) is 0 Å². The van der Waals surface area contributed by atoms with Crippen LogP contribution in [0, 0.1) is 13.8 Å². The van der Waals surface area contributed by atoms with Crippen LogP contribution in [0.3, 0.4) is 0 Å². The molecule has 0 fully saturated rings. The van der Waals surface area contributed by atoms with E-state index in [-0.39, 0.29) is 0 Å². The van der Waals surface area contributed by atoms with Gasteiger partial charge < -0.3 is 0 Å². The van der Waals surface area contributed by atoms with E-state index in [2.05, 4.69) is 87.7 Å². The van der Waals surface area contributed by atoms with Crippen molar-refractivity contribution in [2.24, 2.45) is 0 Å². The summed E-state index contributed by atoms with van der Waals surface area (Å²) in [6.45, 7) is 12.3. The summed E-state index contributed by atoms with van der Waals surface area (Å²) in [7, 11) is 0. The van der Waals surface area contributed by atoms with Gasteiger partial charge in [-0.25, -0.2) is 0 Å². The van der Waals surface area contributed by atoms with Crippen LogP contribution >= 0.6 is 0 Å². The average Bonchev–Trinajstić information content (AvgIpc) is 2.64. The van der Waals surface area contributed by atoms with Gasteiger partial charge in [0.1, 0.15) is 0 Å². The smallest absolute Gasteiger partial charge is 0.00672 e. The minimum absolute atomic E-state index is 1.15. The van der Waals surface area contributed by atoms with Gasteiger partial charge in [-0.1, -0.05) is 86.0 Å². The minimum atomic E-state index is 1.15. The second-order valence-electron chi connectivity index (χ2n) is 6.01. The van der Waals surface area contributed by atoms with Crippen molar-refractivity contribution in [3.8, 4) is 22.3 Å². The van der Waals surface area contributed by atoms with Crippen LogP contribution in [0.1, 0.15) is 22.3 Å². The molecule has 3 rings (SSSR count). The summed E-state index contributed by atoms with van der Waals surface area (Å²) in [5.74, 6) is 0. The summed E-state index contributed by atoms with van der Waals surface area (Å²) in [5, 5.41) is 0. The van der Waals surface area contributed by atoms with E-state index in [4.69, 9.17) is 0 Å². The summed E-state index contributed by atoms with van der Waals surface area (Å²) in [6.07, 6.45) is 3.86. The maximum atomic E-state index is 3.99. The molecule has 0 unspecified atom stereocenters. The zero-order valence-corrected chi connectivity index (χ0v) is 14.3. The van der Waals surface area contributed by atoms with Crippen LogP contribution < -0.4 is 0 Å². The van der Waals surface area contributed by atoms with Crippen molar-refractivity contribution in [3.05, 3.63) is 96.1 Å². The summed E-state index contributed by atoms with van der Waals surface area (Å²) in [6, 6.07) is 21.3. The zero-order valence-electron chi connectivity index (χ0n) is 14.3. The van der Waals surface area contributed by atoms with Crippen molar-refractivity contribution in [2.75, 3.05) is 0 Å². The molecule has 0 amide bonds. The molecule has 0 aromatic heterocycles. The molecule has 0 bridgehead atoms. The second-order valence-corrected chi connectivity index (χ2v) is 6.01. The molecule has 0 aliphatic carbocycles. The van der Waals surface area contributed by atoms with Crippen molar-refractivity contribution in [2.45, 2.75) is 13.8 Å². The Kier molecular flexibility index (Phi) is 4.48. The number of hydrogen-bond acceptors (Lipinski definition) is 0. The summed E-state index contributed by atoms with van der Waals surface area (Å²) in [5.41, 5.74) is 9.86. The van der Waals surface area contributed by atoms with Gasteiger partial charge >= 0.3 is 0 Å². The molecule has 0 nitrogen and oxygen atoms in total. The normalized spacial score (nSPS) is 10.4. The molecule has 3 aromatic rings. The molecular formula is C24H22. The van der Waals surface area contributed by atoms with Crippen LogP contribution in [0.15, 0.2) is 73.8 Å². The van der Waals surface area contributed by atoms with Gasteiger partial charge in [-0.3, -0.25) is 0 Å². The number of benzene rings is 3. The average molecular weight is 310 g/mol. The molecule has 0 spiro atoms. The highest BCUT2D eigenvalue weighted by Crippen LogP contribution is 2.39. The third-order valence-corrected chi connectivity index (χ3v) is 4.66. The van der Waals surface area contributed by atoms with E-state index in [1.807, 2.05) is 12.2 Å². The first kappa shape index (κ1) is 16.0. The van der Waals surface area contributed by atoms with Crippen LogP contribution in [-0.2, 0) is 0 Å². The van der Waals surface area contributed by atoms with Crippen LogP contribution in [-0.4, -0.2) is 0 Å². The molecule has 0 aliphatic rings. The Morgan fingerprint density at radius 3 is 1.79 bits per heavy atom. The van der Waals surface area contributed by atoms with Crippen LogP contribution in [0.2, 0.25) is 0 Å². The van der Waals surface area contributed by atoms with Gasteiger partial charge in [0.25, 0.3) is 0 Å². The van der Waals surface area contributed by atoms with Gasteiger partial charge in [0.05, 0.1) is 0 Å². The molecule has 0 saturated carbocycles. The maximum absolute atomic E-state index is 3.99. The number of aryl methyl sites for hydroxylation is 1. The largest absolute Gasteiger partial charge is 0.0984 e. The third kappa shape index (κ3) is 2.72. The topological polar surface area (TPSA) is 0 Å². The lowest BCUT2D eigenvalue weighted by atomic mass is 9.85. The molecule has 3 aromatic carbocycles. The second kappa shape index (κ2) is 6.72. The highest BCUT2D eigenvalue weighted by molar-refractivity contribution is 5.92. The number of rotatable bonds is 4. The van der Waals surface area contributed by atoms with E-state index in [0.717, 1.165) is 11.1 Å². The van der Waals surface area contributed by atoms with Gasteiger partial charge in [-0.05, 0) is 58.4 Å². The van der Waals surface area contributed by atoms with Crippen molar-refractivity contribution in [1.82, 2.24) is 0 Å². The van der Waals surface area contributed by atoms with Crippen molar-refractivity contribution >= 4 is 12.2 Å². The summed E-state index contributed by atoms with van der Waals surface area (Å²) >= 11 is 0. The maximum Gasteiger partial charge on any atom is -0.00672 e. The first-order chi connectivity index (χ1) is 11.7. The molecule has 118 valence electrons. The SMILES string of the molecule is C=Cc1ccccc1-c1ccc(C)c(C)c1-c1ccccc1C=C. The summed E-state index contributed by atoms with van der Waals surface area (Å²) < 4.78 is 0. The Morgan fingerprint density at radius 1 is 0.625 bits per heavy atom. The monoisotopic (exact) mass is 310 g/mol. The minimum Gasteiger partial charge on any atom is -0.0984 e. The fraction of sp³-hybridized carbons (Fsp3) is 0.0833. The molecular weight excluding hydrogens is 288 g/mol. The molecule has 0 N–H and O–H groups in total. The van der Waals surface area contributed by atoms with E-state index in [9.17, 15) is 0 Å². The molecule has 0 heteroatoms. The Bertz CT molecular complexity index is 913. The van der Waals surface area contributed by atoms with Crippen LogP contribution in [0.25, 0.3) is 34.4 Å². The zero-order chi connectivity index (χ0) is 17.1. The lowest BCUT2D eigenvalue weighted by molar-refractivity contribution is 1.34. The Hall–Kier alpha value is -2.86. The van der Waals surface area contributed by atoms with E-state index in [0.29, 0.717) is 0 Å². The first-order valence-corrected chi connectivity index (χ1v) is 8.21. The Labute approximate surface area is 144 Å². The van der Waals surface area contributed by atoms with E-state index < -0.39 is 0 Å². The molecule has 0 saturated heterocycles. The van der Waals surface area contributed by atoms with Gasteiger partial charge in [0.2, 0.25) is 0 Å². The summed E-state index contributed by atoms with van der Waals surface area (Å²) in [4.78, 5) is 0. The highest BCUT2D eigenvalue weighted by Gasteiger charge is 2.15. The first-order valence-electron chi connectivity index (χ1n) is 8.21. The number of hydrogen-bond donors (Lipinski definition) is 0. The quantitative estimate of drug-likeness (QED) is 0.490. The molecule has 0 radical (unpaired) electrons. The molecule has 0 atom stereocenters. The van der Waals surface area contributed by atoms with Crippen molar-refractivity contribution in [1.29, 1.82) is 0 Å².